The Morgan fingerprint density at radius 1 is 1.25 bits per heavy atom. The number of nitrogens with zero attached hydrogens (tertiary/aromatic N) is 2. The van der Waals surface area contributed by atoms with E-state index in [0.29, 0.717) is 0 Å². The van der Waals surface area contributed by atoms with E-state index in [1.165, 1.54) is 18.5 Å². The molecule has 0 aliphatic carbocycles. The summed E-state index contributed by atoms with van der Waals surface area (Å²) in [7, 11) is -4.23. The van der Waals surface area contributed by atoms with Crippen LogP contribution in [-0.4, -0.2) is 28.4 Å². The second-order valence-corrected chi connectivity index (χ2v) is 2.82. The minimum absolute atomic E-state index is 0. The molecular formula is C4H6N2O4SZn. The summed E-state index contributed by atoms with van der Waals surface area (Å²) in [5.41, 5.74) is 0. The fourth-order valence-electron chi connectivity index (χ4n) is 0.419. The van der Waals surface area contributed by atoms with Crippen LogP contribution in [0.25, 0.3) is 0 Å². The van der Waals surface area contributed by atoms with Crippen molar-refractivity contribution in [2.45, 2.75) is 5.16 Å². The zero-order valence-corrected chi connectivity index (χ0v) is 9.79. The number of hydrogen-bond acceptors (Lipinski definition) is 4. The minimum Gasteiger partial charge on any atom is -0.412 e. The first-order chi connectivity index (χ1) is 4.61. The summed E-state index contributed by atoms with van der Waals surface area (Å²) >= 11 is 0. The van der Waals surface area contributed by atoms with Gasteiger partial charge in [-0.2, -0.15) is 8.42 Å². The molecule has 0 amide bonds. The van der Waals surface area contributed by atoms with E-state index in [9.17, 15) is 8.42 Å². The molecule has 6 nitrogen and oxygen atoms in total. The molecule has 0 atom stereocenters. The molecule has 0 aromatic carbocycles. The molecule has 64 valence electrons. The molecule has 0 unspecified atom stereocenters. The molecule has 0 saturated carbocycles. The van der Waals surface area contributed by atoms with Crippen molar-refractivity contribution in [2.75, 3.05) is 0 Å². The van der Waals surface area contributed by atoms with Crippen LogP contribution >= 0.6 is 0 Å². The second kappa shape index (κ2) is 5.26. The first-order valence-electron chi connectivity index (χ1n) is 2.35. The maximum Gasteiger partial charge on any atom is 0.330 e. The molecule has 1 aromatic rings. The largest absolute Gasteiger partial charge is 0.412 e. The summed E-state index contributed by atoms with van der Waals surface area (Å²) in [6, 6.07) is 1.45. The van der Waals surface area contributed by atoms with Crippen molar-refractivity contribution in [3.05, 3.63) is 18.5 Å². The van der Waals surface area contributed by atoms with Gasteiger partial charge in [0.15, 0.2) is 0 Å². The van der Waals surface area contributed by atoms with Crippen molar-refractivity contribution in [3.8, 4) is 0 Å². The van der Waals surface area contributed by atoms with Gasteiger partial charge >= 0.3 is 10.1 Å². The van der Waals surface area contributed by atoms with Gasteiger partial charge in [0.05, 0.1) is 0 Å². The first kappa shape index (κ1) is 14.1. The van der Waals surface area contributed by atoms with E-state index in [0.717, 1.165) is 0 Å². The van der Waals surface area contributed by atoms with Crippen molar-refractivity contribution < 1.29 is 37.9 Å². The molecule has 0 saturated heterocycles. The smallest absolute Gasteiger partial charge is 0.330 e. The molecule has 0 aliphatic heterocycles. The predicted octanol–water partition coefficient (Wildman–Crippen LogP) is -1.10. The third kappa shape index (κ3) is 3.82. The van der Waals surface area contributed by atoms with Crippen LogP contribution in [0.3, 0.4) is 0 Å². The molecule has 1 rings (SSSR count). The summed E-state index contributed by atoms with van der Waals surface area (Å²) in [4.78, 5) is 6.60. The van der Waals surface area contributed by atoms with Crippen LogP contribution in [0.5, 0.6) is 0 Å². The molecule has 0 spiro atoms. The summed E-state index contributed by atoms with van der Waals surface area (Å²) < 4.78 is 28.9. The van der Waals surface area contributed by atoms with Crippen LogP contribution < -0.4 is 0 Å². The van der Waals surface area contributed by atoms with Crippen molar-refractivity contribution in [3.63, 3.8) is 0 Å². The Balaban J connectivity index is 0. The predicted molar refractivity (Wildman–Crippen MR) is 35.5 cm³/mol. The van der Waals surface area contributed by atoms with Crippen LogP contribution in [0.15, 0.2) is 23.6 Å². The van der Waals surface area contributed by atoms with Crippen LogP contribution in [0.1, 0.15) is 0 Å². The molecule has 0 bridgehead atoms. The van der Waals surface area contributed by atoms with Gasteiger partial charge < -0.3 is 5.48 Å². The summed E-state index contributed by atoms with van der Waals surface area (Å²) in [6.45, 7) is 0. The average molecular weight is 244 g/mol. The summed E-state index contributed by atoms with van der Waals surface area (Å²) in [5, 5.41) is -0.574. The molecule has 1 aromatic heterocycles. The van der Waals surface area contributed by atoms with Crippen LogP contribution in [0.4, 0.5) is 0 Å². The second-order valence-electron chi connectivity index (χ2n) is 1.51. The van der Waals surface area contributed by atoms with E-state index >= 15 is 0 Å². The Hall–Kier alpha value is -0.427. The van der Waals surface area contributed by atoms with Gasteiger partial charge in [-0.15, -0.1) is 0 Å². The fraction of sp³-hybridized carbons (Fsp3) is 0. The molecular weight excluding hydrogens is 238 g/mol. The maximum absolute atomic E-state index is 10.3. The van der Waals surface area contributed by atoms with Crippen LogP contribution in [0, 0.1) is 0 Å². The van der Waals surface area contributed by atoms with Gasteiger partial charge in [-0.3, -0.25) is 4.55 Å². The Morgan fingerprint density at radius 3 is 1.92 bits per heavy atom. The SMILES string of the molecule is O.O=S(=O)(O)c1ncccn1.[Zn]. The van der Waals surface area contributed by atoms with E-state index in [1.54, 1.807) is 0 Å². The van der Waals surface area contributed by atoms with Crippen molar-refractivity contribution >= 4 is 10.1 Å². The van der Waals surface area contributed by atoms with Crippen LogP contribution in [-0.2, 0) is 29.6 Å². The van der Waals surface area contributed by atoms with E-state index in [1.807, 2.05) is 0 Å². The zero-order valence-electron chi connectivity index (χ0n) is 6.01. The normalized spacial score (nSPS) is 9.42. The summed E-state index contributed by atoms with van der Waals surface area (Å²) in [5.74, 6) is 0. The minimum atomic E-state index is -4.23. The number of hydrogen-bond donors (Lipinski definition) is 1. The first-order valence-corrected chi connectivity index (χ1v) is 3.79. The van der Waals surface area contributed by atoms with Gasteiger partial charge in [0.2, 0.25) is 0 Å². The third-order valence-corrected chi connectivity index (χ3v) is 1.45. The number of rotatable bonds is 1. The quantitative estimate of drug-likeness (QED) is 0.382. The fourth-order valence-corrected chi connectivity index (χ4v) is 0.807. The monoisotopic (exact) mass is 242 g/mol. The van der Waals surface area contributed by atoms with E-state index in [4.69, 9.17) is 4.55 Å². The zero-order chi connectivity index (χ0) is 7.61. The van der Waals surface area contributed by atoms with Gasteiger partial charge in [0, 0.05) is 31.9 Å². The Morgan fingerprint density at radius 2 is 1.67 bits per heavy atom. The molecule has 12 heavy (non-hydrogen) atoms. The molecule has 8 heteroatoms. The van der Waals surface area contributed by atoms with Gasteiger partial charge in [-0.1, -0.05) is 0 Å². The third-order valence-electron chi connectivity index (χ3n) is 0.773. The molecule has 0 aliphatic rings. The Bertz CT molecular complexity index is 313. The Labute approximate surface area is 81.9 Å². The van der Waals surface area contributed by atoms with E-state index in [-0.39, 0.29) is 25.0 Å². The van der Waals surface area contributed by atoms with Gasteiger partial charge in [0.25, 0.3) is 5.16 Å². The topological polar surface area (TPSA) is 112 Å². The Kier molecular flexibility index (Phi) is 6.19. The van der Waals surface area contributed by atoms with Crippen molar-refractivity contribution in [2.24, 2.45) is 0 Å². The van der Waals surface area contributed by atoms with Crippen molar-refractivity contribution in [1.29, 1.82) is 0 Å². The van der Waals surface area contributed by atoms with Crippen LogP contribution in [0.2, 0.25) is 0 Å². The molecule has 1 heterocycles. The van der Waals surface area contributed by atoms with Gasteiger partial charge in [0.1, 0.15) is 0 Å². The molecule has 0 radical (unpaired) electrons. The van der Waals surface area contributed by atoms with E-state index in [2.05, 4.69) is 9.97 Å². The average Bonchev–Trinajstić information content (AvgIpc) is 1.88. The molecule has 3 N–H and O–H groups in total. The van der Waals surface area contributed by atoms with Gasteiger partial charge in [-0.05, 0) is 6.07 Å². The number of aromatic nitrogens is 2. The maximum atomic E-state index is 10.3. The van der Waals surface area contributed by atoms with Crippen molar-refractivity contribution in [1.82, 2.24) is 9.97 Å². The van der Waals surface area contributed by atoms with Gasteiger partial charge in [-0.25, -0.2) is 9.97 Å². The summed E-state index contributed by atoms with van der Waals surface area (Å²) in [6.07, 6.45) is 2.46. The molecule has 0 fully saturated rings. The standard InChI is InChI=1S/C4H4N2O3S.H2O.Zn/c7-10(8,9)4-5-2-1-3-6-4;;/h1-3H,(H,7,8,9);1H2;. The van der Waals surface area contributed by atoms with E-state index < -0.39 is 15.3 Å².